The van der Waals surface area contributed by atoms with Crippen LogP contribution < -0.4 is 5.32 Å². The molecule has 1 atom stereocenters. The van der Waals surface area contributed by atoms with Gasteiger partial charge in [-0.25, -0.2) is 4.98 Å². The number of oxazole rings is 1. The molecule has 1 aliphatic rings. The van der Waals surface area contributed by atoms with E-state index in [0.29, 0.717) is 30.5 Å². The lowest BCUT2D eigenvalue weighted by Gasteiger charge is -2.21. The molecule has 0 amide bonds. The summed E-state index contributed by atoms with van der Waals surface area (Å²) < 4.78 is 15.8. The van der Waals surface area contributed by atoms with Crippen LogP contribution in [0, 0.1) is 0 Å². The Kier molecular flexibility index (Phi) is 2.39. The summed E-state index contributed by atoms with van der Waals surface area (Å²) in [5.41, 5.74) is 0.499. The Bertz CT molecular complexity index is 447. The molecular formula is C9H10N4O3. The zero-order valence-corrected chi connectivity index (χ0v) is 8.42. The lowest BCUT2D eigenvalue weighted by molar-refractivity contribution is 0.0110. The molecule has 1 fully saturated rings. The van der Waals surface area contributed by atoms with Gasteiger partial charge in [0.2, 0.25) is 0 Å². The first-order chi connectivity index (χ1) is 7.95. The van der Waals surface area contributed by atoms with Crippen molar-refractivity contribution in [3.05, 3.63) is 18.2 Å². The number of hydrogen-bond donors (Lipinski definition) is 1. The minimum atomic E-state index is -0.189. The van der Waals surface area contributed by atoms with Crippen LogP contribution in [0.3, 0.4) is 0 Å². The van der Waals surface area contributed by atoms with Crippen LogP contribution in [0.4, 0.5) is 0 Å². The monoisotopic (exact) mass is 222 g/mol. The highest BCUT2D eigenvalue weighted by Crippen LogP contribution is 2.27. The van der Waals surface area contributed by atoms with Crippen molar-refractivity contribution in [2.75, 3.05) is 19.7 Å². The summed E-state index contributed by atoms with van der Waals surface area (Å²) in [5, 5.41) is 10.6. The Morgan fingerprint density at radius 2 is 2.44 bits per heavy atom. The molecule has 3 rings (SSSR count). The number of hydrogen-bond acceptors (Lipinski definition) is 7. The summed E-state index contributed by atoms with van der Waals surface area (Å²) in [6.45, 7) is 2.15. The molecule has 7 nitrogen and oxygen atoms in total. The molecule has 2 aromatic rings. The minimum absolute atomic E-state index is 0.189. The van der Waals surface area contributed by atoms with Gasteiger partial charge in [0.25, 0.3) is 5.89 Å². The SMILES string of the molecule is c1coc(-c2nnoc2C2CNCCO2)n1. The summed E-state index contributed by atoms with van der Waals surface area (Å²) in [6, 6.07) is 0. The largest absolute Gasteiger partial charge is 0.443 e. The molecule has 16 heavy (non-hydrogen) atoms. The van der Waals surface area contributed by atoms with Crippen LogP contribution in [0.1, 0.15) is 11.9 Å². The molecule has 1 N–H and O–H groups in total. The molecule has 1 aliphatic heterocycles. The van der Waals surface area contributed by atoms with Crippen molar-refractivity contribution >= 4 is 0 Å². The highest BCUT2D eigenvalue weighted by atomic mass is 16.5. The molecule has 0 radical (unpaired) electrons. The standard InChI is InChI=1S/C9H10N4O3/c1-3-14-6(5-10-1)8-7(12-13-16-8)9-11-2-4-15-9/h2,4,6,10H,1,3,5H2. The topological polar surface area (TPSA) is 86.2 Å². The first kappa shape index (κ1) is 9.49. The number of ether oxygens (including phenoxy) is 1. The average molecular weight is 222 g/mol. The molecule has 7 heteroatoms. The molecule has 84 valence electrons. The van der Waals surface area contributed by atoms with Crippen molar-refractivity contribution in [1.82, 2.24) is 20.7 Å². The third-order valence-electron chi connectivity index (χ3n) is 2.37. The molecule has 0 aliphatic carbocycles. The third-order valence-corrected chi connectivity index (χ3v) is 2.37. The first-order valence-electron chi connectivity index (χ1n) is 4.99. The van der Waals surface area contributed by atoms with Gasteiger partial charge in [0.1, 0.15) is 12.4 Å². The number of rotatable bonds is 2. The van der Waals surface area contributed by atoms with E-state index in [1.54, 1.807) is 6.20 Å². The summed E-state index contributed by atoms with van der Waals surface area (Å²) in [4.78, 5) is 4.01. The fourth-order valence-electron chi connectivity index (χ4n) is 1.63. The van der Waals surface area contributed by atoms with Gasteiger partial charge in [-0.3, -0.25) is 0 Å². The number of nitrogens with one attached hydrogen (secondary N) is 1. The lowest BCUT2D eigenvalue weighted by atomic mass is 10.2. The molecule has 1 saturated heterocycles. The predicted molar refractivity (Wildman–Crippen MR) is 51.4 cm³/mol. The van der Waals surface area contributed by atoms with Crippen molar-refractivity contribution in [3.63, 3.8) is 0 Å². The van der Waals surface area contributed by atoms with Crippen LogP contribution in [-0.2, 0) is 4.74 Å². The van der Waals surface area contributed by atoms with Gasteiger partial charge >= 0.3 is 0 Å². The van der Waals surface area contributed by atoms with Crippen molar-refractivity contribution in [2.45, 2.75) is 6.10 Å². The van der Waals surface area contributed by atoms with E-state index in [1.807, 2.05) is 0 Å². The van der Waals surface area contributed by atoms with Crippen LogP contribution >= 0.6 is 0 Å². The van der Waals surface area contributed by atoms with E-state index in [2.05, 4.69) is 20.7 Å². The second-order valence-electron chi connectivity index (χ2n) is 3.39. The molecule has 0 saturated carbocycles. The fraction of sp³-hybridized carbons (Fsp3) is 0.444. The molecular weight excluding hydrogens is 212 g/mol. The summed E-state index contributed by atoms with van der Waals surface area (Å²) in [7, 11) is 0. The van der Waals surface area contributed by atoms with Gasteiger partial charge in [0.15, 0.2) is 11.5 Å². The lowest BCUT2D eigenvalue weighted by Crippen LogP contribution is -2.33. The van der Waals surface area contributed by atoms with E-state index in [4.69, 9.17) is 13.7 Å². The molecule has 0 aromatic carbocycles. The van der Waals surface area contributed by atoms with Gasteiger partial charge in [0, 0.05) is 18.4 Å². The Hall–Kier alpha value is -1.73. The van der Waals surface area contributed by atoms with Crippen LogP contribution in [0.15, 0.2) is 21.4 Å². The van der Waals surface area contributed by atoms with E-state index in [-0.39, 0.29) is 6.10 Å². The second-order valence-corrected chi connectivity index (χ2v) is 3.39. The second kappa shape index (κ2) is 4.03. The van der Waals surface area contributed by atoms with E-state index in [0.717, 1.165) is 6.54 Å². The van der Waals surface area contributed by atoms with Gasteiger partial charge in [-0.15, -0.1) is 5.10 Å². The number of nitrogens with zero attached hydrogens (tertiary/aromatic N) is 3. The van der Waals surface area contributed by atoms with E-state index >= 15 is 0 Å². The van der Waals surface area contributed by atoms with Crippen LogP contribution in [-0.4, -0.2) is 35.1 Å². The molecule has 0 bridgehead atoms. The van der Waals surface area contributed by atoms with Crippen molar-refractivity contribution in [1.29, 1.82) is 0 Å². The normalized spacial score (nSPS) is 21.1. The summed E-state index contributed by atoms with van der Waals surface area (Å²) >= 11 is 0. The van der Waals surface area contributed by atoms with Crippen LogP contribution in [0.25, 0.3) is 11.6 Å². The first-order valence-corrected chi connectivity index (χ1v) is 4.99. The van der Waals surface area contributed by atoms with Crippen LogP contribution in [0.5, 0.6) is 0 Å². The molecule has 1 unspecified atom stereocenters. The Balaban J connectivity index is 1.92. The highest BCUT2D eigenvalue weighted by Gasteiger charge is 2.27. The van der Waals surface area contributed by atoms with Gasteiger partial charge in [-0.1, -0.05) is 0 Å². The smallest absolute Gasteiger partial charge is 0.250 e. The highest BCUT2D eigenvalue weighted by molar-refractivity contribution is 5.49. The van der Waals surface area contributed by atoms with Gasteiger partial charge in [0.05, 0.1) is 12.8 Å². The van der Waals surface area contributed by atoms with Gasteiger partial charge in [-0.2, -0.15) is 0 Å². The fourth-order valence-corrected chi connectivity index (χ4v) is 1.63. The zero-order chi connectivity index (χ0) is 10.8. The Labute approximate surface area is 90.8 Å². The van der Waals surface area contributed by atoms with Crippen LogP contribution in [0.2, 0.25) is 0 Å². The quantitative estimate of drug-likeness (QED) is 0.786. The Morgan fingerprint density at radius 3 is 3.19 bits per heavy atom. The van der Waals surface area contributed by atoms with E-state index in [1.165, 1.54) is 6.26 Å². The van der Waals surface area contributed by atoms with E-state index in [9.17, 15) is 0 Å². The van der Waals surface area contributed by atoms with Crippen molar-refractivity contribution < 1.29 is 13.7 Å². The minimum Gasteiger partial charge on any atom is -0.443 e. The summed E-state index contributed by atoms with van der Waals surface area (Å²) in [5.74, 6) is 0.945. The average Bonchev–Trinajstić information content (AvgIpc) is 3.01. The van der Waals surface area contributed by atoms with Crippen molar-refractivity contribution in [2.24, 2.45) is 0 Å². The molecule has 3 heterocycles. The Morgan fingerprint density at radius 1 is 1.44 bits per heavy atom. The maximum atomic E-state index is 5.56. The molecule has 2 aromatic heterocycles. The molecule has 0 spiro atoms. The maximum absolute atomic E-state index is 5.56. The number of morpholine rings is 1. The van der Waals surface area contributed by atoms with Gasteiger partial charge in [-0.05, 0) is 0 Å². The summed E-state index contributed by atoms with van der Waals surface area (Å²) in [6.07, 6.45) is 2.84. The van der Waals surface area contributed by atoms with Gasteiger partial charge < -0.3 is 19.0 Å². The third kappa shape index (κ3) is 1.59. The zero-order valence-electron chi connectivity index (χ0n) is 8.42. The van der Waals surface area contributed by atoms with Crippen molar-refractivity contribution in [3.8, 4) is 11.6 Å². The predicted octanol–water partition coefficient (Wildman–Crippen LogP) is 0.385. The maximum Gasteiger partial charge on any atom is 0.250 e. The number of aromatic nitrogens is 3. The van der Waals surface area contributed by atoms with E-state index < -0.39 is 0 Å².